The summed E-state index contributed by atoms with van der Waals surface area (Å²) in [7, 11) is 0. The second-order valence-corrected chi connectivity index (χ2v) is 7.61. The molecule has 4 heteroatoms. The number of benzene rings is 3. The number of aryl methyl sites for hydroxylation is 2. The Bertz CT molecular complexity index is 1140. The third kappa shape index (κ3) is 3.92. The van der Waals surface area contributed by atoms with Crippen LogP contribution in [0.15, 0.2) is 83.3 Å². The molecule has 0 radical (unpaired) electrons. The molecule has 4 nitrogen and oxygen atoms in total. The maximum atomic E-state index is 12.7. The van der Waals surface area contributed by atoms with Gasteiger partial charge in [0.15, 0.2) is 11.5 Å². The molecular weight excluding hydrogens is 360 g/mol. The monoisotopic (exact) mass is 382 g/mol. The van der Waals surface area contributed by atoms with Crippen LogP contribution in [0, 0.1) is 0 Å². The molecule has 0 bridgehead atoms. The average molecular weight is 382 g/mol. The van der Waals surface area contributed by atoms with E-state index in [9.17, 15) is 4.79 Å². The lowest BCUT2D eigenvalue weighted by atomic mass is 10.1. The van der Waals surface area contributed by atoms with Gasteiger partial charge in [-0.3, -0.25) is 4.79 Å². The first kappa shape index (κ1) is 17.7. The van der Waals surface area contributed by atoms with E-state index in [4.69, 9.17) is 4.42 Å². The smallest absolute Gasteiger partial charge is 0.251 e. The van der Waals surface area contributed by atoms with E-state index in [2.05, 4.69) is 34.6 Å². The number of nitrogens with zero attached hydrogens (tertiary/aromatic N) is 1. The number of oxazole rings is 1. The number of rotatable bonds is 6. The van der Waals surface area contributed by atoms with Gasteiger partial charge in [-0.05, 0) is 42.2 Å². The molecule has 2 atom stereocenters. The molecule has 0 spiro atoms. The van der Waals surface area contributed by atoms with Crippen molar-refractivity contribution in [1.29, 1.82) is 0 Å². The van der Waals surface area contributed by atoms with E-state index in [-0.39, 0.29) is 11.9 Å². The molecule has 4 aromatic rings. The second kappa shape index (κ2) is 7.55. The van der Waals surface area contributed by atoms with Crippen LogP contribution in [0.2, 0.25) is 0 Å². The fourth-order valence-corrected chi connectivity index (χ4v) is 3.79. The van der Waals surface area contributed by atoms with Crippen molar-refractivity contribution < 1.29 is 9.21 Å². The predicted molar refractivity (Wildman–Crippen MR) is 113 cm³/mol. The number of aromatic nitrogens is 1. The Hall–Kier alpha value is -3.40. The molecule has 1 aliphatic carbocycles. The Morgan fingerprint density at radius 3 is 2.52 bits per heavy atom. The first-order valence-electron chi connectivity index (χ1n) is 10.1. The largest absolute Gasteiger partial charge is 0.441 e. The summed E-state index contributed by atoms with van der Waals surface area (Å²) in [6.07, 6.45) is 2.61. The minimum absolute atomic E-state index is 0.0517. The Balaban J connectivity index is 1.24. The summed E-state index contributed by atoms with van der Waals surface area (Å²) in [5.41, 5.74) is 4.62. The SMILES string of the molecule is O=C(N[C@@H]1C[C@H]1c1ccccc1)c1ccc2oc(CCc3ccccc3)nc2c1. The molecule has 0 unspecified atom stereocenters. The van der Waals surface area contributed by atoms with E-state index >= 15 is 0 Å². The van der Waals surface area contributed by atoms with E-state index in [1.807, 2.05) is 54.6 Å². The molecule has 29 heavy (non-hydrogen) atoms. The van der Waals surface area contributed by atoms with Gasteiger partial charge in [0.05, 0.1) is 0 Å². The van der Waals surface area contributed by atoms with Crippen molar-refractivity contribution in [3.05, 3.63) is 101 Å². The number of amides is 1. The number of hydrogen-bond donors (Lipinski definition) is 1. The van der Waals surface area contributed by atoms with E-state index in [1.165, 1.54) is 11.1 Å². The zero-order valence-corrected chi connectivity index (χ0v) is 16.0. The highest BCUT2D eigenvalue weighted by atomic mass is 16.3. The van der Waals surface area contributed by atoms with E-state index in [0.29, 0.717) is 17.4 Å². The van der Waals surface area contributed by atoms with Crippen LogP contribution < -0.4 is 5.32 Å². The van der Waals surface area contributed by atoms with Gasteiger partial charge in [0, 0.05) is 23.9 Å². The van der Waals surface area contributed by atoms with Gasteiger partial charge in [-0.1, -0.05) is 60.7 Å². The van der Waals surface area contributed by atoms with Crippen LogP contribution in [-0.2, 0) is 12.8 Å². The first-order valence-corrected chi connectivity index (χ1v) is 10.1. The number of fused-ring (bicyclic) bond motifs is 1. The average Bonchev–Trinajstić information content (AvgIpc) is 3.41. The van der Waals surface area contributed by atoms with Gasteiger partial charge in [-0.15, -0.1) is 0 Å². The molecule has 1 aliphatic rings. The zero-order valence-electron chi connectivity index (χ0n) is 16.0. The number of hydrogen-bond acceptors (Lipinski definition) is 3. The van der Waals surface area contributed by atoms with Crippen LogP contribution in [0.5, 0.6) is 0 Å². The van der Waals surface area contributed by atoms with Crippen molar-refractivity contribution >= 4 is 17.0 Å². The Morgan fingerprint density at radius 1 is 0.966 bits per heavy atom. The maximum Gasteiger partial charge on any atom is 0.251 e. The van der Waals surface area contributed by atoms with Crippen LogP contribution in [0.3, 0.4) is 0 Å². The third-order valence-electron chi connectivity index (χ3n) is 5.50. The van der Waals surface area contributed by atoms with Crippen LogP contribution in [0.4, 0.5) is 0 Å². The highest BCUT2D eigenvalue weighted by molar-refractivity contribution is 5.97. The zero-order chi connectivity index (χ0) is 19.6. The van der Waals surface area contributed by atoms with Crippen molar-refractivity contribution in [2.45, 2.75) is 31.2 Å². The second-order valence-electron chi connectivity index (χ2n) is 7.61. The van der Waals surface area contributed by atoms with Gasteiger partial charge >= 0.3 is 0 Å². The molecule has 3 aromatic carbocycles. The predicted octanol–water partition coefficient (Wildman–Crippen LogP) is 4.90. The quantitative estimate of drug-likeness (QED) is 0.516. The van der Waals surface area contributed by atoms with Crippen LogP contribution in [-0.4, -0.2) is 16.9 Å². The van der Waals surface area contributed by atoms with Gasteiger partial charge in [0.2, 0.25) is 0 Å². The minimum atomic E-state index is -0.0517. The normalized spacial score (nSPS) is 17.9. The lowest BCUT2D eigenvalue weighted by molar-refractivity contribution is 0.0950. The van der Waals surface area contributed by atoms with E-state index in [1.54, 1.807) is 0 Å². The van der Waals surface area contributed by atoms with Crippen molar-refractivity contribution in [2.75, 3.05) is 0 Å². The topological polar surface area (TPSA) is 55.1 Å². The molecule has 1 amide bonds. The lowest BCUT2D eigenvalue weighted by Crippen LogP contribution is -2.26. The van der Waals surface area contributed by atoms with Crippen molar-refractivity contribution in [3.63, 3.8) is 0 Å². The molecule has 1 aromatic heterocycles. The Morgan fingerprint density at radius 2 is 1.72 bits per heavy atom. The summed E-state index contributed by atoms with van der Waals surface area (Å²) >= 11 is 0. The minimum Gasteiger partial charge on any atom is -0.441 e. The molecule has 0 saturated heterocycles. The Kier molecular flexibility index (Phi) is 4.60. The summed E-state index contributed by atoms with van der Waals surface area (Å²) < 4.78 is 5.85. The van der Waals surface area contributed by atoms with Gasteiger partial charge < -0.3 is 9.73 Å². The highest BCUT2D eigenvalue weighted by Gasteiger charge is 2.39. The van der Waals surface area contributed by atoms with Gasteiger partial charge in [0.25, 0.3) is 5.91 Å². The summed E-state index contributed by atoms with van der Waals surface area (Å²) in [6.45, 7) is 0. The van der Waals surface area contributed by atoms with Crippen LogP contribution in [0.25, 0.3) is 11.1 Å². The molecule has 1 fully saturated rings. The third-order valence-corrected chi connectivity index (χ3v) is 5.50. The Labute approximate surface area is 169 Å². The summed E-state index contributed by atoms with van der Waals surface area (Å²) in [5.74, 6) is 1.07. The van der Waals surface area contributed by atoms with Crippen LogP contribution in [0.1, 0.15) is 39.7 Å². The summed E-state index contributed by atoms with van der Waals surface area (Å²) in [5, 5.41) is 3.14. The molecular formula is C25H22N2O2. The van der Waals surface area contributed by atoms with Gasteiger partial charge in [-0.25, -0.2) is 4.98 Å². The fraction of sp³-hybridized carbons (Fsp3) is 0.200. The molecule has 1 saturated carbocycles. The lowest BCUT2D eigenvalue weighted by Gasteiger charge is -2.05. The van der Waals surface area contributed by atoms with Crippen molar-refractivity contribution in [1.82, 2.24) is 10.3 Å². The fourth-order valence-electron chi connectivity index (χ4n) is 3.79. The maximum absolute atomic E-state index is 12.7. The number of nitrogens with one attached hydrogen (secondary N) is 1. The van der Waals surface area contributed by atoms with Crippen LogP contribution >= 0.6 is 0 Å². The van der Waals surface area contributed by atoms with E-state index < -0.39 is 0 Å². The number of carbonyl (C=O) groups excluding carboxylic acids is 1. The molecule has 5 rings (SSSR count). The molecule has 1 N–H and O–H groups in total. The molecule has 144 valence electrons. The van der Waals surface area contributed by atoms with Crippen molar-refractivity contribution in [2.24, 2.45) is 0 Å². The van der Waals surface area contributed by atoms with E-state index in [0.717, 1.165) is 30.4 Å². The van der Waals surface area contributed by atoms with Gasteiger partial charge in [-0.2, -0.15) is 0 Å². The first-order chi connectivity index (χ1) is 14.3. The van der Waals surface area contributed by atoms with Gasteiger partial charge in [0.1, 0.15) is 5.52 Å². The summed E-state index contributed by atoms with van der Waals surface area (Å²) in [4.78, 5) is 17.2. The highest BCUT2D eigenvalue weighted by Crippen LogP contribution is 2.40. The molecule has 0 aliphatic heterocycles. The molecule has 1 heterocycles. The number of carbonyl (C=O) groups is 1. The standard InChI is InChI=1S/C25H22N2O2/c28-25(27-21-16-20(21)18-9-5-2-6-10-18)19-12-13-23-22(15-19)26-24(29-23)14-11-17-7-3-1-4-8-17/h1-10,12-13,15,20-21H,11,14,16H2,(H,27,28)/t20-,21+/m0/s1. The van der Waals surface area contributed by atoms with Crippen molar-refractivity contribution in [3.8, 4) is 0 Å². The summed E-state index contributed by atoms with van der Waals surface area (Å²) in [6, 6.07) is 26.3.